The van der Waals surface area contributed by atoms with Gasteiger partial charge in [0.2, 0.25) is 11.8 Å². The fraction of sp³-hybridized carbons (Fsp3) is 0.400. The number of ether oxygens (including phenoxy) is 1. The predicted molar refractivity (Wildman–Crippen MR) is 179 cm³/mol. The molecule has 0 radical (unpaired) electrons. The second-order valence-corrected chi connectivity index (χ2v) is 14.6. The van der Waals surface area contributed by atoms with Crippen molar-refractivity contribution in [1.82, 2.24) is 24.8 Å². The van der Waals surface area contributed by atoms with Gasteiger partial charge in [0.15, 0.2) is 0 Å². The highest BCUT2D eigenvalue weighted by Gasteiger charge is 2.34. The largest absolute Gasteiger partial charge is 0.475 e. The lowest BCUT2D eigenvalue weighted by molar-refractivity contribution is 0.0561. The average Bonchev–Trinajstić information content (AvgIpc) is 3.84. The topological polar surface area (TPSA) is 131 Å². The molecule has 47 heavy (non-hydrogen) atoms. The van der Waals surface area contributed by atoms with Crippen LogP contribution in [0.25, 0.3) is 11.3 Å². The van der Waals surface area contributed by atoms with Crippen LogP contribution in [0.4, 0.5) is 11.8 Å². The molecule has 3 heterocycles. The Balaban J connectivity index is 1.31. The second-order valence-electron chi connectivity index (χ2n) is 13.0. The van der Waals surface area contributed by atoms with E-state index in [1.807, 2.05) is 39.1 Å². The smallest absolute Gasteiger partial charge is 0.264 e. The molecule has 2 aromatic carbocycles. The van der Waals surface area contributed by atoms with E-state index in [1.54, 1.807) is 35.5 Å². The summed E-state index contributed by atoms with van der Waals surface area (Å²) in [6.45, 7) is 4.32. The van der Waals surface area contributed by atoms with Crippen LogP contribution in [0.5, 0.6) is 5.88 Å². The van der Waals surface area contributed by atoms with Crippen LogP contribution in [0.2, 0.25) is 0 Å². The summed E-state index contributed by atoms with van der Waals surface area (Å²) in [5.74, 6) is 1.06. The summed E-state index contributed by atoms with van der Waals surface area (Å²) in [4.78, 5) is 36.8. The highest BCUT2D eigenvalue weighted by atomic mass is 32.2. The Hall–Kier alpha value is -4.58. The van der Waals surface area contributed by atoms with E-state index in [2.05, 4.69) is 24.6 Å². The number of carbonyl (C=O) groups is 1. The maximum Gasteiger partial charge on any atom is 0.264 e. The zero-order valence-electron chi connectivity index (χ0n) is 26.9. The number of aryl methyl sites for hydroxylation is 2. The van der Waals surface area contributed by atoms with E-state index in [-0.39, 0.29) is 47.4 Å². The van der Waals surface area contributed by atoms with Gasteiger partial charge in [0.25, 0.3) is 15.9 Å². The zero-order chi connectivity index (χ0) is 32.7. The molecule has 0 unspecified atom stereocenters. The number of rotatable bonds is 7. The lowest BCUT2D eigenvalue weighted by Crippen LogP contribution is -2.44. The van der Waals surface area contributed by atoms with Gasteiger partial charge < -0.3 is 14.5 Å². The van der Waals surface area contributed by atoms with Crippen molar-refractivity contribution in [2.75, 3.05) is 23.3 Å². The molecule has 2 saturated carbocycles. The molecule has 12 heteroatoms. The minimum absolute atomic E-state index is 0.0613. The van der Waals surface area contributed by atoms with Gasteiger partial charge in [-0.2, -0.15) is 4.98 Å². The number of nitrogens with one attached hydrogen (secondary N) is 1. The van der Waals surface area contributed by atoms with Crippen LogP contribution in [0.15, 0.2) is 65.8 Å². The first-order valence-electron chi connectivity index (χ1n) is 16.2. The van der Waals surface area contributed by atoms with E-state index in [1.165, 1.54) is 18.6 Å². The van der Waals surface area contributed by atoms with Crippen LogP contribution in [0.3, 0.4) is 0 Å². The quantitative estimate of drug-likeness (QED) is 0.273. The molecule has 0 saturated heterocycles. The maximum atomic E-state index is 14.4. The molecule has 7 rings (SSSR count). The molecule has 11 nitrogen and oxygen atoms in total. The maximum absolute atomic E-state index is 14.4. The average molecular weight is 654 g/mol. The summed E-state index contributed by atoms with van der Waals surface area (Å²) in [7, 11) is -2.11. The van der Waals surface area contributed by atoms with E-state index in [9.17, 15) is 13.2 Å². The molecule has 2 aromatic heterocycles. The van der Waals surface area contributed by atoms with Gasteiger partial charge in [0.05, 0.1) is 41.3 Å². The van der Waals surface area contributed by atoms with Crippen molar-refractivity contribution in [2.45, 2.75) is 75.9 Å². The van der Waals surface area contributed by atoms with Crippen molar-refractivity contribution in [3.63, 3.8) is 0 Å². The standard InChI is InChI=1S/C35H39N7O4S/c1-22-7-4-8-23(2)33(22)30-17-32-39-35(38-30)40-47(44,45)29-12-5-9-25(16-29)34(43)42(28(21-46-32)15-24-13-14-24)20-26-18-36-19-31(37-26)41(3)27-10-6-11-27/h4-5,7-9,12,16-19,24,27-28H,6,10-11,13-15,20-21H2,1-3H3,(H,38,39,40)/t28-/m1/s1. The van der Waals surface area contributed by atoms with E-state index >= 15 is 0 Å². The van der Waals surface area contributed by atoms with E-state index in [4.69, 9.17) is 9.72 Å². The normalized spacial score (nSPS) is 19.3. The third-order valence-electron chi connectivity index (χ3n) is 9.47. The van der Waals surface area contributed by atoms with Gasteiger partial charge in [0.1, 0.15) is 12.4 Å². The number of benzene rings is 2. The summed E-state index contributed by atoms with van der Waals surface area (Å²) < 4.78 is 36.2. The van der Waals surface area contributed by atoms with Gasteiger partial charge in [-0.25, -0.2) is 23.1 Å². The minimum atomic E-state index is -4.15. The molecule has 2 aliphatic carbocycles. The number of hydrogen-bond donors (Lipinski definition) is 1. The third kappa shape index (κ3) is 6.64. The lowest BCUT2D eigenvalue weighted by atomic mass is 9.92. The first-order chi connectivity index (χ1) is 22.6. The molecule has 1 atom stereocenters. The minimum Gasteiger partial charge on any atom is -0.475 e. The van der Waals surface area contributed by atoms with Gasteiger partial charge in [0, 0.05) is 30.3 Å². The van der Waals surface area contributed by atoms with Crippen LogP contribution < -0.4 is 14.4 Å². The van der Waals surface area contributed by atoms with Crippen molar-refractivity contribution < 1.29 is 17.9 Å². The molecule has 0 spiro atoms. The van der Waals surface area contributed by atoms with Crippen LogP contribution in [0.1, 0.15) is 65.7 Å². The van der Waals surface area contributed by atoms with E-state index < -0.39 is 10.0 Å². The van der Waals surface area contributed by atoms with Crippen molar-refractivity contribution in [1.29, 1.82) is 0 Å². The second kappa shape index (κ2) is 12.6. The van der Waals surface area contributed by atoms with Crippen molar-refractivity contribution >= 4 is 27.7 Å². The summed E-state index contributed by atoms with van der Waals surface area (Å²) >= 11 is 0. The number of aromatic nitrogens is 4. The molecular formula is C35H39N7O4S. The summed E-state index contributed by atoms with van der Waals surface area (Å²) in [5, 5.41) is 0. The predicted octanol–water partition coefficient (Wildman–Crippen LogP) is 5.54. The first-order valence-corrected chi connectivity index (χ1v) is 17.7. The zero-order valence-corrected chi connectivity index (χ0v) is 27.7. The fourth-order valence-electron chi connectivity index (χ4n) is 6.38. The Morgan fingerprint density at radius 2 is 1.74 bits per heavy atom. The van der Waals surface area contributed by atoms with Crippen molar-refractivity contribution in [3.8, 4) is 17.1 Å². The first kappa shape index (κ1) is 31.0. The molecule has 2 fully saturated rings. The Bertz CT molecular complexity index is 1910. The van der Waals surface area contributed by atoms with Crippen LogP contribution in [0, 0.1) is 19.8 Å². The van der Waals surface area contributed by atoms with E-state index in [0.29, 0.717) is 23.3 Å². The van der Waals surface area contributed by atoms with Crippen LogP contribution >= 0.6 is 0 Å². The Kier molecular flexibility index (Phi) is 8.29. The number of sulfonamides is 1. The lowest BCUT2D eigenvalue weighted by Gasteiger charge is -2.36. The molecule has 1 aliphatic heterocycles. The Morgan fingerprint density at radius 1 is 0.979 bits per heavy atom. The molecule has 3 aliphatic rings. The third-order valence-corrected chi connectivity index (χ3v) is 10.8. The SMILES string of the molecule is Cc1cccc(C)c1-c1cc2nc(n1)NS(=O)(=O)c1cccc(c1)C(=O)N(Cc1cncc(N(C)C3CCC3)n1)[C@H](CC1CC1)CO2. The van der Waals surface area contributed by atoms with Gasteiger partial charge in [-0.05, 0) is 74.8 Å². The molecule has 1 amide bonds. The van der Waals surface area contributed by atoms with Gasteiger partial charge in [-0.15, -0.1) is 0 Å². The molecule has 1 N–H and O–H groups in total. The van der Waals surface area contributed by atoms with Crippen molar-refractivity contribution in [2.24, 2.45) is 5.92 Å². The molecule has 4 aromatic rings. The monoisotopic (exact) mass is 653 g/mol. The number of fused-ring (bicyclic) bond motifs is 4. The van der Waals surface area contributed by atoms with Gasteiger partial charge >= 0.3 is 0 Å². The molecule has 4 bridgehead atoms. The number of amides is 1. The molecule has 244 valence electrons. The molecular weight excluding hydrogens is 614 g/mol. The number of carbonyl (C=O) groups excluding carboxylic acids is 1. The summed E-state index contributed by atoms with van der Waals surface area (Å²) in [6.07, 6.45) is 9.82. The van der Waals surface area contributed by atoms with Crippen molar-refractivity contribution in [3.05, 3.63) is 83.3 Å². The van der Waals surface area contributed by atoms with Crippen LogP contribution in [-0.2, 0) is 16.6 Å². The van der Waals surface area contributed by atoms with Crippen LogP contribution in [-0.4, -0.2) is 64.9 Å². The number of hydrogen-bond acceptors (Lipinski definition) is 9. The summed E-state index contributed by atoms with van der Waals surface area (Å²) in [5.41, 5.74) is 4.31. The number of nitrogens with zero attached hydrogens (tertiary/aromatic N) is 6. The van der Waals surface area contributed by atoms with Gasteiger partial charge in [-0.1, -0.05) is 37.1 Å². The van der Waals surface area contributed by atoms with Gasteiger partial charge in [-0.3, -0.25) is 9.78 Å². The summed E-state index contributed by atoms with van der Waals surface area (Å²) in [6, 6.07) is 13.9. The highest BCUT2D eigenvalue weighted by molar-refractivity contribution is 7.92. The Morgan fingerprint density at radius 3 is 2.47 bits per heavy atom. The number of anilines is 2. The highest BCUT2D eigenvalue weighted by Crippen LogP contribution is 2.36. The fourth-order valence-corrected chi connectivity index (χ4v) is 7.37. The Labute approximate surface area is 275 Å². The van der Waals surface area contributed by atoms with E-state index in [0.717, 1.165) is 54.6 Å².